The molecule has 2 aliphatic heterocycles. The quantitative estimate of drug-likeness (QED) is 0.0422. The number of Topliss-reactive ketones (excluding diaryl/α,β-unsaturated/α-hetero) is 1. The minimum atomic E-state index is -0.987. The number of nitrogens with one attached hydrogen (secondary N) is 2. The van der Waals surface area contributed by atoms with Gasteiger partial charge in [-0.15, -0.1) is 0 Å². The van der Waals surface area contributed by atoms with Crippen molar-refractivity contribution in [3.8, 4) is 11.8 Å². The minimum absolute atomic E-state index is 0.00398. The van der Waals surface area contributed by atoms with Crippen LogP contribution in [0.3, 0.4) is 0 Å². The number of esters is 3. The third-order valence-corrected chi connectivity index (χ3v) is 14.3. The van der Waals surface area contributed by atoms with Crippen LogP contribution in [0, 0.1) is 11.8 Å². The van der Waals surface area contributed by atoms with Crippen molar-refractivity contribution in [1.29, 1.82) is 0 Å². The van der Waals surface area contributed by atoms with Crippen molar-refractivity contribution >= 4 is 72.1 Å². The monoisotopic (exact) mass is 1320 g/mol. The van der Waals surface area contributed by atoms with Crippen LogP contribution in [-0.4, -0.2) is 313 Å². The highest BCUT2D eigenvalue weighted by molar-refractivity contribution is 5.97. The number of carboxylic acids is 2. The molecule has 0 radical (unpaired) electrons. The van der Waals surface area contributed by atoms with E-state index in [4.69, 9.17) is 52.6 Å². The number of nitrogens with zero attached hydrogens (tertiary/aromatic N) is 8. The van der Waals surface area contributed by atoms with Crippen LogP contribution >= 0.6 is 0 Å². The number of hydrogen-bond donors (Lipinski definition) is 4. The summed E-state index contributed by atoms with van der Waals surface area (Å²) in [5, 5.41) is 23.9. The van der Waals surface area contributed by atoms with E-state index in [1.54, 1.807) is 54.6 Å². The predicted octanol–water partition coefficient (Wildman–Crippen LogP) is -1.05. The molecule has 0 aromatic heterocycles. The van der Waals surface area contributed by atoms with Crippen LogP contribution in [0.4, 0.5) is 0 Å². The number of ether oxygens (including phenoxy) is 3. The Hall–Kier alpha value is -8.84. The lowest BCUT2D eigenvalue weighted by atomic mass is 10.0. The molecule has 2 aliphatic rings. The van der Waals surface area contributed by atoms with Gasteiger partial charge in [0.1, 0.15) is 17.9 Å². The van der Waals surface area contributed by atoms with Gasteiger partial charge in [-0.2, -0.15) is 38.4 Å². The Kier molecular flexibility index (Phi) is 52.8. The van der Waals surface area contributed by atoms with Crippen LogP contribution in [0.2, 0.25) is 0 Å². The second kappa shape index (κ2) is 56.9. The Bertz CT molecular complexity index is 2660. The second-order valence-corrected chi connectivity index (χ2v) is 21.3. The number of carbonyl (C=O) groups is 8. The van der Waals surface area contributed by atoms with Crippen LogP contribution in [0.1, 0.15) is 72.1 Å². The number of hydrogen-bond acceptors (Lipinski definition) is 27. The SMILES string of the molecule is COC(=O)C(CCC(=O)OCC#CCN1CCN(C)CCN(C)CCN(CC(=O)O)CC1)NC(=O)c1ccccc1.COC(=O)C(CCCCCC(=O)CCN1CCN(C)CCN(C)CCN(CC(=O)O)CC1)NC(=O)c1ccccc1.O=C=O.O=C=O.O=C=O.O=C=O. The van der Waals surface area contributed by atoms with Gasteiger partial charge in [0, 0.05) is 142 Å². The van der Waals surface area contributed by atoms with Crippen molar-refractivity contribution in [3.63, 3.8) is 0 Å². The number of likely N-dealkylation sites (N-methyl/N-ethyl adjacent to an activating group) is 4. The zero-order chi connectivity index (χ0) is 70.9. The highest BCUT2D eigenvalue weighted by atomic mass is 16.5. The van der Waals surface area contributed by atoms with Crippen molar-refractivity contribution in [2.75, 3.05) is 180 Å². The Labute approximate surface area is 548 Å². The molecule has 2 aromatic carbocycles. The van der Waals surface area contributed by atoms with E-state index in [9.17, 15) is 48.6 Å². The Morgan fingerprint density at radius 3 is 1.20 bits per heavy atom. The largest absolute Gasteiger partial charge is 0.480 e. The smallest absolute Gasteiger partial charge is 0.373 e. The lowest BCUT2D eigenvalue weighted by Gasteiger charge is -2.31. The van der Waals surface area contributed by atoms with Gasteiger partial charge in [-0.05, 0) is 71.7 Å². The molecule has 2 heterocycles. The fourth-order valence-corrected chi connectivity index (χ4v) is 8.84. The number of aliphatic carboxylic acids is 2. The van der Waals surface area contributed by atoms with Gasteiger partial charge in [0.2, 0.25) is 0 Å². The van der Waals surface area contributed by atoms with E-state index >= 15 is 0 Å². The molecule has 0 bridgehead atoms. The van der Waals surface area contributed by atoms with E-state index in [0.717, 1.165) is 84.8 Å². The summed E-state index contributed by atoms with van der Waals surface area (Å²) in [6.07, 6.45) is 4.51. The van der Waals surface area contributed by atoms with Crippen molar-refractivity contribution < 1.29 is 101 Å². The molecular formula is C63H92N10O21. The van der Waals surface area contributed by atoms with Crippen LogP contribution in [0.15, 0.2) is 60.7 Å². The van der Waals surface area contributed by atoms with E-state index in [1.165, 1.54) is 14.2 Å². The number of benzene rings is 2. The topological polar surface area (TPSA) is 391 Å². The van der Waals surface area contributed by atoms with E-state index in [1.807, 2.05) is 15.9 Å². The number of carboxylic acid groups (broad SMARTS) is 2. The molecule has 31 heteroatoms. The van der Waals surface area contributed by atoms with Crippen LogP contribution in [-0.2, 0) is 81.3 Å². The molecule has 2 amide bonds. The molecule has 2 fully saturated rings. The second-order valence-electron chi connectivity index (χ2n) is 21.3. The first-order valence-corrected chi connectivity index (χ1v) is 30.1. The third kappa shape index (κ3) is 47.1. The summed E-state index contributed by atoms with van der Waals surface area (Å²) in [6, 6.07) is 15.5. The molecule has 2 unspecified atom stereocenters. The average molecular weight is 1330 g/mol. The lowest BCUT2D eigenvalue weighted by molar-refractivity contribution is -0.193. The molecule has 94 heavy (non-hydrogen) atoms. The Morgan fingerprint density at radius 2 is 0.798 bits per heavy atom. The zero-order valence-corrected chi connectivity index (χ0v) is 54.7. The van der Waals surface area contributed by atoms with Gasteiger partial charge >= 0.3 is 54.5 Å². The fourth-order valence-electron chi connectivity index (χ4n) is 8.84. The van der Waals surface area contributed by atoms with Gasteiger partial charge in [-0.1, -0.05) is 61.1 Å². The summed E-state index contributed by atoms with van der Waals surface area (Å²) in [6.45, 7) is 13.7. The molecular weight excluding hydrogens is 1230 g/mol. The van der Waals surface area contributed by atoms with E-state index < -0.39 is 47.8 Å². The van der Waals surface area contributed by atoms with Crippen LogP contribution in [0.5, 0.6) is 0 Å². The highest BCUT2D eigenvalue weighted by Gasteiger charge is 2.25. The van der Waals surface area contributed by atoms with Gasteiger partial charge in [0.05, 0.1) is 33.9 Å². The van der Waals surface area contributed by atoms with Crippen molar-refractivity contribution in [1.82, 2.24) is 49.8 Å². The number of carbonyl (C=O) groups excluding carboxylic acids is 14. The fraction of sp³-hybridized carbons (Fsp3) is 0.587. The molecule has 2 aromatic rings. The Morgan fingerprint density at radius 1 is 0.447 bits per heavy atom. The van der Waals surface area contributed by atoms with Gasteiger partial charge < -0.3 is 59.6 Å². The highest BCUT2D eigenvalue weighted by Crippen LogP contribution is 2.12. The lowest BCUT2D eigenvalue weighted by Crippen LogP contribution is -2.45. The molecule has 2 saturated heterocycles. The third-order valence-electron chi connectivity index (χ3n) is 14.3. The summed E-state index contributed by atoms with van der Waals surface area (Å²) in [5.41, 5.74) is 0.878. The van der Waals surface area contributed by atoms with E-state index in [0.29, 0.717) is 82.6 Å². The average Bonchev–Trinajstić information content (AvgIpc) is 1.13. The van der Waals surface area contributed by atoms with Gasteiger partial charge in [0.15, 0.2) is 6.61 Å². The van der Waals surface area contributed by atoms with Crippen molar-refractivity contribution in [3.05, 3.63) is 71.8 Å². The Balaban J connectivity index is 0. The number of rotatable bonds is 24. The molecule has 520 valence electrons. The first kappa shape index (κ1) is 87.2. The van der Waals surface area contributed by atoms with Crippen molar-refractivity contribution in [2.24, 2.45) is 0 Å². The molecule has 2 atom stereocenters. The van der Waals surface area contributed by atoms with Crippen molar-refractivity contribution in [2.45, 2.75) is 63.5 Å². The number of unbranched alkanes of at least 4 members (excludes halogenated alkanes) is 2. The molecule has 31 nitrogen and oxygen atoms in total. The summed E-state index contributed by atoms with van der Waals surface area (Å²) < 4.78 is 14.8. The first-order valence-electron chi connectivity index (χ1n) is 30.1. The summed E-state index contributed by atoms with van der Waals surface area (Å²) in [5.74, 6) is 2.03. The van der Waals surface area contributed by atoms with E-state index in [2.05, 4.69) is 80.1 Å². The predicted molar refractivity (Wildman–Crippen MR) is 331 cm³/mol. The summed E-state index contributed by atoms with van der Waals surface area (Å²) >= 11 is 0. The minimum Gasteiger partial charge on any atom is -0.480 e. The molecule has 0 saturated carbocycles. The maximum atomic E-state index is 12.7. The maximum Gasteiger partial charge on any atom is 0.373 e. The number of amides is 2. The molecule has 0 aliphatic carbocycles. The maximum absolute atomic E-state index is 12.7. The summed E-state index contributed by atoms with van der Waals surface area (Å²) in [7, 11) is 10.8. The van der Waals surface area contributed by atoms with Gasteiger partial charge in [-0.25, -0.2) is 9.59 Å². The van der Waals surface area contributed by atoms with Crippen LogP contribution < -0.4 is 10.6 Å². The van der Waals surface area contributed by atoms with Gasteiger partial charge in [-0.3, -0.25) is 43.5 Å². The molecule has 4 rings (SSSR count). The number of ketones is 1. The first-order chi connectivity index (χ1) is 45.0. The summed E-state index contributed by atoms with van der Waals surface area (Å²) in [4.78, 5) is 179. The molecule has 4 N–H and O–H groups in total. The number of methoxy groups -OCH3 is 2. The normalized spacial score (nSPS) is 15.5. The van der Waals surface area contributed by atoms with Crippen LogP contribution in [0.25, 0.3) is 0 Å². The van der Waals surface area contributed by atoms with E-state index in [-0.39, 0.29) is 68.8 Å². The standard InChI is InChI=1S/C30H49N5O6.C29H43N5O7.4CO2/c1-32-16-17-33(2)19-21-35(24-28(37)38)23-22-34(20-18-32)15-14-26(36)12-8-5-9-13-27(30(40)41-3)31-29(39)25-10-6-4-7-11-25;1-31-14-15-32(2)17-19-34(23-26(35)36)21-20-33(18-16-31)13-7-8-22-41-27(37)12-11-25(29(39)40-3)30-28(38)24-9-5-4-6-10-24;4*2-1-3/h4,6-7,10-11,27H,5,8-9,12-24H2,1-3H3,(H,31,39)(H,37,38);4-6,9-10,25H,11-23H2,1-3H3,(H,30,38)(H,35,36);;;;. The van der Waals surface area contributed by atoms with Gasteiger partial charge in [0.25, 0.3) is 11.8 Å². The molecule has 0 spiro atoms. The zero-order valence-electron chi connectivity index (χ0n) is 54.7.